The van der Waals surface area contributed by atoms with Gasteiger partial charge in [0.15, 0.2) is 18.1 Å². The van der Waals surface area contributed by atoms with Gasteiger partial charge in [0.1, 0.15) is 17.3 Å². The third-order valence-electron chi connectivity index (χ3n) is 4.37. The van der Waals surface area contributed by atoms with Crippen LogP contribution in [-0.4, -0.2) is 18.2 Å². The van der Waals surface area contributed by atoms with Gasteiger partial charge >= 0.3 is 0 Å². The van der Waals surface area contributed by atoms with Crippen molar-refractivity contribution in [3.8, 4) is 11.5 Å². The summed E-state index contributed by atoms with van der Waals surface area (Å²) >= 11 is 3.32. The van der Waals surface area contributed by atoms with E-state index in [1.807, 2.05) is 0 Å². The van der Waals surface area contributed by atoms with Gasteiger partial charge in [0.2, 0.25) is 5.78 Å². The maximum atomic E-state index is 13.8. The van der Waals surface area contributed by atoms with Crippen molar-refractivity contribution in [2.45, 2.75) is 0 Å². The highest BCUT2D eigenvalue weighted by atomic mass is 79.9. The largest absolute Gasteiger partial charge is 0.485 e. The van der Waals surface area contributed by atoms with E-state index in [1.54, 1.807) is 60.7 Å². The van der Waals surface area contributed by atoms with Gasteiger partial charge in [-0.05, 0) is 36.4 Å². The normalized spacial score (nSPS) is 13.9. The molecule has 0 aliphatic carbocycles. The SMILES string of the molecule is O=C(COc1ccc2c(c1)OC(=Cc1ccccc1F)C2=O)c1ccc(Br)cc1. The van der Waals surface area contributed by atoms with Gasteiger partial charge in [-0.2, -0.15) is 0 Å². The first-order valence-corrected chi connectivity index (χ1v) is 9.55. The van der Waals surface area contributed by atoms with E-state index in [4.69, 9.17) is 9.47 Å². The fourth-order valence-electron chi connectivity index (χ4n) is 2.86. The number of Topliss-reactive ketones (excluding diaryl/α,β-unsaturated/α-hetero) is 2. The zero-order valence-corrected chi connectivity index (χ0v) is 16.6. The number of benzene rings is 3. The number of ether oxygens (including phenoxy) is 2. The Morgan fingerprint density at radius 2 is 1.83 bits per heavy atom. The molecular formula is C23H14BrFO4. The summed E-state index contributed by atoms with van der Waals surface area (Å²) in [5.74, 6) is -0.202. The van der Waals surface area contributed by atoms with Crippen molar-refractivity contribution in [2.75, 3.05) is 6.61 Å². The molecule has 3 aromatic carbocycles. The van der Waals surface area contributed by atoms with Crippen LogP contribution in [0.5, 0.6) is 11.5 Å². The molecule has 6 heteroatoms. The average molecular weight is 453 g/mol. The van der Waals surface area contributed by atoms with Gasteiger partial charge in [0.25, 0.3) is 0 Å². The Kier molecular flexibility index (Phi) is 5.27. The van der Waals surface area contributed by atoms with Crippen LogP contribution in [0, 0.1) is 5.82 Å². The van der Waals surface area contributed by atoms with E-state index in [1.165, 1.54) is 12.1 Å². The number of rotatable bonds is 5. The summed E-state index contributed by atoms with van der Waals surface area (Å²) in [6, 6.07) is 17.8. The minimum Gasteiger partial charge on any atom is -0.485 e. The Balaban J connectivity index is 1.48. The van der Waals surface area contributed by atoms with Crippen molar-refractivity contribution in [2.24, 2.45) is 0 Å². The lowest BCUT2D eigenvalue weighted by molar-refractivity contribution is 0.0921. The third kappa shape index (κ3) is 4.12. The highest BCUT2D eigenvalue weighted by molar-refractivity contribution is 9.10. The summed E-state index contributed by atoms with van der Waals surface area (Å²) in [6.07, 6.45) is 1.37. The summed E-state index contributed by atoms with van der Waals surface area (Å²) in [5.41, 5.74) is 1.16. The molecule has 0 fully saturated rings. The Morgan fingerprint density at radius 1 is 1.07 bits per heavy atom. The van der Waals surface area contributed by atoms with E-state index < -0.39 is 5.82 Å². The quantitative estimate of drug-likeness (QED) is 0.380. The molecule has 0 radical (unpaired) electrons. The zero-order chi connectivity index (χ0) is 20.4. The first-order valence-electron chi connectivity index (χ1n) is 8.75. The molecule has 1 aliphatic rings. The lowest BCUT2D eigenvalue weighted by Crippen LogP contribution is -2.11. The molecule has 0 saturated heterocycles. The predicted octanol–water partition coefficient (Wildman–Crippen LogP) is 5.47. The third-order valence-corrected chi connectivity index (χ3v) is 4.90. The van der Waals surface area contributed by atoms with E-state index in [0.29, 0.717) is 22.6 Å². The molecule has 0 amide bonds. The van der Waals surface area contributed by atoms with Crippen LogP contribution < -0.4 is 9.47 Å². The second-order valence-electron chi connectivity index (χ2n) is 6.34. The van der Waals surface area contributed by atoms with E-state index >= 15 is 0 Å². The number of halogens is 2. The summed E-state index contributed by atoms with van der Waals surface area (Å²) < 4.78 is 25.9. The van der Waals surface area contributed by atoms with Crippen molar-refractivity contribution in [3.63, 3.8) is 0 Å². The first-order chi connectivity index (χ1) is 14.0. The summed E-state index contributed by atoms with van der Waals surface area (Å²) in [7, 11) is 0. The molecule has 144 valence electrons. The monoisotopic (exact) mass is 452 g/mol. The first kappa shape index (κ1) is 19.1. The standard InChI is InChI=1S/C23H14BrFO4/c24-16-7-5-14(6-8-16)20(26)13-28-17-9-10-18-21(12-17)29-22(23(18)27)11-15-3-1-2-4-19(15)25/h1-12H,13H2. The summed E-state index contributed by atoms with van der Waals surface area (Å²) in [5, 5.41) is 0. The molecule has 0 aromatic heterocycles. The number of carbonyl (C=O) groups is 2. The van der Waals surface area contributed by atoms with E-state index in [-0.39, 0.29) is 29.5 Å². The van der Waals surface area contributed by atoms with Gasteiger partial charge in [-0.3, -0.25) is 9.59 Å². The smallest absolute Gasteiger partial charge is 0.231 e. The highest BCUT2D eigenvalue weighted by Crippen LogP contribution is 2.35. The molecule has 0 saturated carbocycles. The van der Waals surface area contributed by atoms with Crippen LogP contribution >= 0.6 is 15.9 Å². The number of ketones is 2. The summed E-state index contributed by atoms with van der Waals surface area (Å²) in [4.78, 5) is 24.7. The fraction of sp³-hybridized carbons (Fsp3) is 0.0435. The molecule has 4 nitrogen and oxygen atoms in total. The van der Waals surface area contributed by atoms with Gasteiger partial charge < -0.3 is 9.47 Å². The molecule has 3 aromatic rings. The summed E-state index contributed by atoms with van der Waals surface area (Å²) in [6.45, 7) is -0.147. The molecule has 1 heterocycles. The van der Waals surface area contributed by atoms with Crippen LogP contribution in [0.3, 0.4) is 0 Å². The van der Waals surface area contributed by atoms with Gasteiger partial charge in [-0.15, -0.1) is 0 Å². The van der Waals surface area contributed by atoms with Crippen molar-refractivity contribution >= 4 is 33.6 Å². The van der Waals surface area contributed by atoms with Gasteiger partial charge in [0, 0.05) is 21.7 Å². The lowest BCUT2D eigenvalue weighted by Gasteiger charge is -2.07. The molecule has 0 spiro atoms. The Hall–Kier alpha value is -3.25. The van der Waals surface area contributed by atoms with E-state index in [0.717, 1.165) is 4.47 Å². The van der Waals surface area contributed by atoms with Gasteiger partial charge in [-0.25, -0.2) is 4.39 Å². The molecule has 1 aliphatic heterocycles. The minimum atomic E-state index is -0.442. The topological polar surface area (TPSA) is 52.6 Å². The molecule has 0 unspecified atom stereocenters. The fourth-order valence-corrected chi connectivity index (χ4v) is 3.12. The Bertz CT molecular complexity index is 1140. The molecule has 0 atom stereocenters. The number of carbonyl (C=O) groups excluding carboxylic acids is 2. The number of fused-ring (bicyclic) bond motifs is 1. The second-order valence-corrected chi connectivity index (χ2v) is 7.25. The van der Waals surface area contributed by atoms with Crippen LogP contribution in [0.1, 0.15) is 26.3 Å². The van der Waals surface area contributed by atoms with Gasteiger partial charge in [-0.1, -0.05) is 46.3 Å². The predicted molar refractivity (Wildman–Crippen MR) is 110 cm³/mol. The van der Waals surface area contributed by atoms with Crippen molar-refractivity contribution < 1.29 is 23.5 Å². The second kappa shape index (κ2) is 8.01. The Morgan fingerprint density at radius 3 is 2.59 bits per heavy atom. The van der Waals surface area contributed by atoms with E-state index in [9.17, 15) is 14.0 Å². The average Bonchev–Trinajstić information content (AvgIpc) is 3.03. The maximum Gasteiger partial charge on any atom is 0.231 e. The maximum absolute atomic E-state index is 13.8. The molecular weight excluding hydrogens is 439 g/mol. The molecule has 0 bridgehead atoms. The van der Waals surface area contributed by atoms with Crippen molar-refractivity contribution in [1.29, 1.82) is 0 Å². The number of allylic oxidation sites excluding steroid dienone is 1. The Labute approximate surface area is 174 Å². The van der Waals surface area contributed by atoms with Crippen LogP contribution in [0.4, 0.5) is 4.39 Å². The molecule has 0 N–H and O–H groups in total. The number of hydrogen-bond donors (Lipinski definition) is 0. The van der Waals surface area contributed by atoms with Crippen molar-refractivity contribution in [1.82, 2.24) is 0 Å². The molecule has 4 rings (SSSR count). The zero-order valence-electron chi connectivity index (χ0n) is 15.0. The number of hydrogen-bond acceptors (Lipinski definition) is 4. The van der Waals surface area contributed by atoms with Crippen molar-refractivity contribution in [3.05, 3.63) is 99.5 Å². The lowest BCUT2D eigenvalue weighted by atomic mass is 10.1. The van der Waals surface area contributed by atoms with Crippen LogP contribution in [-0.2, 0) is 0 Å². The van der Waals surface area contributed by atoms with Gasteiger partial charge in [0.05, 0.1) is 5.56 Å². The van der Waals surface area contributed by atoms with E-state index in [2.05, 4.69) is 15.9 Å². The molecule has 29 heavy (non-hydrogen) atoms. The van der Waals surface area contributed by atoms with Crippen LogP contribution in [0.2, 0.25) is 0 Å². The van der Waals surface area contributed by atoms with Crippen LogP contribution in [0.25, 0.3) is 6.08 Å². The highest BCUT2D eigenvalue weighted by Gasteiger charge is 2.28. The minimum absolute atomic E-state index is 0.0354. The van der Waals surface area contributed by atoms with Crippen LogP contribution in [0.15, 0.2) is 77.0 Å².